The zero-order valence-electron chi connectivity index (χ0n) is 21.5. The lowest BCUT2D eigenvalue weighted by Gasteiger charge is -2.38. The molecule has 0 aliphatic heterocycles. The lowest BCUT2D eigenvalue weighted by Crippen LogP contribution is -2.55. The second-order valence-electron chi connectivity index (χ2n) is 9.96. The minimum Gasteiger partial charge on any atom is -0.428 e. The molecule has 41 heavy (non-hydrogen) atoms. The van der Waals surface area contributed by atoms with Crippen molar-refractivity contribution in [3.63, 3.8) is 0 Å². The minimum atomic E-state index is -4.96. The van der Waals surface area contributed by atoms with Crippen LogP contribution in [0.2, 0.25) is 0 Å². The third kappa shape index (κ3) is 7.47. The number of rotatable bonds is 9. The van der Waals surface area contributed by atoms with Crippen LogP contribution in [0.4, 0.5) is 39.9 Å². The number of amides is 2. The van der Waals surface area contributed by atoms with Crippen LogP contribution in [0.25, 0.3) is 0 Å². The van der Waals surface area contributed by atoms with Crippen LogP contribution in [-0.4, -0.2) is 30.5 Å². The monoisotopic (exact) mass is 586 g/mol. The Kier molecular flexibility index (Phi) is 8.79. The van der Waals surface area contributed by atoms with E-state index < -0.39 is 59.9 Å². The molecular weight excluding hydrogens is 560 g/mol. The quantitative estimate of drug-likeness (QED) is 0.254. The minimum absolute atomic E-state index is 0.157. The van der Waals surface area contributed by atoms with Gasteiger partial charge in [0, 0.05) is 31.4 Å². The average molecular weight is 587 g/mol. The number of hydrogen-bond acceptors (Lipinski definition) is 2. The lowest BCUT2D eigenvalue weighted by atomic mass is 9.77. The summed E-state index contributed by atoms with van der Waals surface area (Å²) in [5, 5.41) is 5.17. The second-order valence-corrected chi connectivity index (χ2v) is 9.96. The van der Waals surface area contributed by atoms with Gasteiger partial charge in [-0.25, -0.2) is 22.4 Å². The molecule has 3 aromatic rings. The molecule has 0 spiro atoms. The van der Waals surface area contributed by atoms with E-state index in [0.717, 1.165) is 24.3 Å². The maximum absolute atomic E-state index is 14.9. The van der Waals surface area contributed by atoms with Gasteiger partial charge < -0.3 is 15.4 Å². The summed E-state index contributed by atoms with van der Waals surface area (Å²) >= 11 is 0. The molecule has 0 aromatic heterocycles. The van der Waals surface area contributed by atoms with Crippen LogP contribution in [0.5, 0.6) is 5.75 Å². The maximum atomic E-state index is 14.9. The first kappa shape index (κ1) is 30.1. The van der Waals surface area contributed by atoms with Gasteiger partial charge in [-0.2, -0.15) is 17.6 Å². The molecule has 0 bridgehead atoms. The third-order valence-corrected chi connectivity index (χ3v) is 6.82. The highest BCUT2D eigenvalue weighted by Crippen LogP contribution is 2.38. The fourth-order valence-electron chi connectivity index (χ4n) is 4.98. The first-order valence-electron chi connectivity index (χ1n) is 12.7. The van der Waals surface area contributed by atoms with E-state index in [9.17, 15) is 39.9 Å². The Morgan fingerprint density at radius 1 is 0.951 bits per heavy atom. The van der Waals surface area contributed by atoms with E-state index >= 15 is 0 Å². The van der Waals surface area contributed by atoms with Gasteiger partial charge in [0.1, 0.15) is 17.4 Å². The summed E-state index contributed by atoms with van der Waals surface area (Å²) in [6.45, 7) is 0. The summed E-state index contributed by atoms with van der Waals surface area (Å²) in [5.74, 6) is -5.76. The Balaban J connectivity index is 1.83. The topological polar surface area (TPSA) is 50.4 Å². The number of carbonyl (C=O) groups is 1. The first-order chi connectivity index (χ1) is 19.3. The molecule has 12 heteroatoms. The highest BCUT2D eigenvalue weighted by Gasteiger charge is 2.45. The zero-order chi connectivity index (χ0) is 29.8. The van der Waals surface area contributed by atoms with Crippen LogP contribution in [0, 0.1) is 11.6 Å². The number of benzene rings is 3. The highest BCUT2D eigenvalue weighted by molar-refractivity contribution is 5.76. The zero-order valence-corrected chi connectivity index (χ0v) is 21.5. The Morgan fingerprint density at radius 3 is 2.27 bits per heavy atom. The van der Waals surface area contributed by atoms with Crippen LogP contribution in [-0.2, 0) is 12.0 Å². The van der Waals surface area contributed by atoms with Crippen LogP contribution in [0.3, 0.4) is 0 Å². The van der Waals surface area contributed by atoms with E-state index in [1.165, 1.54) is 12.1 Å². The summed E-state index contributed by atoms with van der Waals surface area (Å²) in [7, 11) is 0. The molecule has 2 atom stereocenters. The summed E-state index contributed by atoms with van der Waals surface area (Å²) in [6, 6.07) is 13.4. The summed E-state index contributed by atoms with van der Waals surface area (Å²) in [5.41, 5.74) is -1.34. The Labute approximate surface area is 230 Å². The normalized spacial score (nSPS) is 18.4. The molecule has 4 rings (SSSR count). The van der Waals surface area contributed by atoms with Crippen molar-refractivity contribution in [3.8, 4) is 5.75 Å². The molecule has 1 fully saturated rings. The Morgan fingerprint density at radius 2 is 1.63 bits per heavy atom. The average Bonchev–Trinajstić information content (AvgIpc) is 2.88. The van der Waals surface area contributed by atoms with Crippen molar-refractivity contribution in [3.05, 3.63) is 101 Å². The second kappa shape index (κ2) is 12.0. The molecule has 1 saturated carbocycles. The lowest BCUT2D eigenvalue weighted by molar-refractivity contribution is -0.253. The van der Waals surface area contributed by atoms with E-state index in [1.807, 2.05) is 0 Å². The first-order valence-corrected chi connectivity index (χ1v) is 12.7. The van der Waals surface area contributed by atoms with E-state index in [4.69, 9.17) is 0 Å². The summed E-state index contributed by atoms with van der Waals surface area (Å²) in [4.78, 5) is 13.3. The van der Waals surface area contributed by atoms with Crippen molar-refractivity contribution in [2.45, 2.75) is 62.1 Å². The van der Waals surface area contributed by atoms with Gasteiger partial charge in [-0.05, 0) is 53.8 Å². The number of urea groups is 1. The molecule has 2 unspecified atom stereocenters. The van der Waals surface area contributed by atoms with Crippen LogP contribution in [0.15, 0.2) is 72.8 Å². The van der Waals surface area contributed by atoms with Gasteiger partial charge in [0.05, 0.1) is 5.54 Å². The fourth-order valence-corrected chi connectivity index (χ4v) is 4.98. The van der Waals surface area contributed by atoms with E-state index in [0.29, 0.717) is 11.6 Å². The van der Waals surface area contributed by atoms with Crippen molar-refractivity contribution < 1.29 is 44.7 Å². The molecule has 220 valence electrons. The predicted molar refractivity (Wildman–Crippen MR) is 134 cm³/mol. The molecule has 3 aromatic carbocycles. The molecule has 1 aliphatic carbocycles. The smallest absolute Gasteiger partial charge is 0.428 e. The number of nitrogens with one attached hydrogen (secondary N) is 2. The maximum Gasteiger partial charge on any atom is 0.461 e. The van der Waals surface area contributed by atoms with E-state index in [-0.39, 0.29) is 36.8 Å². The van der Waals surface area contributed by atoms with E-state index in [2.05, 4.69) is 15.4 Å². The van der Waals surface area contributed by atoms with Gasteiger partial charge in [-0.3, -0.25) is 0 Å². The number of ether oxygens (including phenoxy) is 1. The van der Waals surface area contributed by atoms with Gasteiger partial charge in [-0.1, -0.05) is 42.5 Å². The Bertz CT molecular complexity index is 1340. The molecule has 2 N–H and O–H groups in total. The van der Waals surface area contributed by atoms with Crippen molar-refractivity contribution in [1.82, 2.24) is 10.6 Å². The molecule has 1 aliphatic rings. The highest BCUT2D eigenvalue weighted by atomic mass is 19.3. The van der Waals surface area contributed by atoms with Crippen LogP contribution in [0.1, 0.15) is 42.4 Å². The van der Waals surface area contributed by atoms with Crippen LogP contribution < -0.4 is 15.4 Å². The summed E-state index contributed by atoms with van der Waals surface area (Å²) < 4.78 is 114. The number of alkyl halides is 6. The molecule has 0 heterocycles. The SMILES string of the molecule is O=C(NC1CCCC(F)(F)C1)NC(Cc1ccccc1)(c1ccc(F)cc1)c1cc(F)cc(OC(F)(F)C(F)F)c1. The van der Waals surface area contributed by atoms with Crippen LogP contribution >= 0.6 is 0 Å². The van der Waals surface area contributed by atoms with Gasteiger partial charge in [0.15, 0.2) is 0 Å². The molecule has 0 saturated heterocycles. The number of carbonyl (C=O) groups excluding carboxylic acids is 1. The van der Waals surface area contributed by atoms with E-state index in [1.54, 1.807) is 30.3 Å². The van der Waals surface area contributed by atoms with Gasteiger partial charge >= 0.3 is 18.6 Å². The largest absolute Gasteiger partial charge is 0.461 e. The molecule has 2 amide bonds. The van der Waals surface area contributed by atoms with Crippen molar-refractivity contribution in [2.24, 2.45) is 0 Å². The van der Waals surface area contributed by atoms with Gasteiger partial charge in [0.25, 0.3) is 0 Å². The van der Waals surface area contributed by atoms with Crippen molar-refractivity contribution in [1.29, 1.82) is 0 Å². The molecular formula is C29H26F8N2O2. The predicted octanol–water partition coefficient (Wildman–Crippen LogP) is 7.56. The standard InChI is InChI=1S/C29H26F8N2O2/c30-21-10-8-19(9-11-21)28(16-18-5-2-1-3-6-18,39-26(40)38-23-7-4-12-27(34,35)17-23)20-13-22(31)15-24(14-20)41-29(36,37)25(32)33/h1-3,5-6,8-11,13-15,23,25H,4,7,12,16-17H2,(H2,38,39,40). The molecule has 4 nitrogen and oxygen atoms in total. The van der Waals surface area contributed by atoms with Gasteiger partial charge in [-0.15, -0.1) is 0 Å². The summed E-state index contributed by atoms with van der Waals surface area (Å²) in [6.07, 6.45) is -9.85. The van der Waals surface area contributed by atoms with Crippen molar-refractivity contribution in [2.75, 3.05) is 0 Å². The third-order valence-electron chi connectivity index (χ3n) is 6.82. The molecule has 0 radical (unpaired) electrons. The van der Waals surface area contributed by atoms with Crippen molar-refractivity contribution >= 4 is 6.03 Å². The number of halogens is 8. The fraction of sp³-hybridized carbons (Fsp3) is 0.345. The van der Waals surface area contributed by atoms with Gasteiger partial charge in [0.2, 0.25) is 5.92 Å². The number of hydrogen-bond donors (Lipinski definition) is 2. The Hall–Kier alpha value is -3.83.